The van der Waals surface area contributed by atoms with Crippen LogP contribution in [-0.4, -0.2) is 23.6 Å². The van der Waals surface area contributed by atoms with Crippen molar-refractivity contribution in [2.24, 2.45) is 0 Å². The lowest BCUT2D eigenvalue weighted by molar-refractivity contribution is 0.289. The number of hydrogen-bond acceptors (Lipinski definition) is 4. The molecule has 0 saturated carbocycles. The Morgan fingerprint density at radius 1 is 1.26 bits per heavy atom. The molecule has 4 heteroatoms. The maximum Gasteiger partial charge on any atom is 0.132 e. The third kappa shape index (κ3) is 2.03. The fourth-order valence-corrected chi connectivity index (χ4v) is 2.55. The lowest BCUT2D eigenvalue weighted by Gasteiger charge is -2.21. The molecule has 1 N–H and O–H groups in total. The number of nitrogens with one attached hydrogen (secondary N) is 1. The summed E-state index contributed by atoms with van der Waals surface area (Å²) in [5.74, 6) is 1.84. The molecule has 1 aromatic carbocycles. The van der Waals surface area contributed by atoms with Crippen LogP contribution in [-0.2, 0) is 6.42 Å². The molecule has 0 aliphatic carbocycles. The summed E-state index contributed by atoms with van der Waals surface area (Å²) >= 11 is 0. The molecular formula is C15H17N3O. The smallest absolute Gasteiger partial charge is 0.132 e. The predicted molar refractivity (Wildman–Crippen MR) is 75.6 cm³/mol. The number of fused-ring (bicyclic) bond motifs is 1. The van der Waals surface area contributed by atoms with Crippen LogP contribution in [0.3, 0.4) is 0 Å². The number of benzene rings is 1. The highest BCUT2D eigenvalue weighted by Crippen LogP contribution is 2.37. The maximum atomic E-state index is 5.86. The Morgan fingerprint density at radius 3 is 3.00 bits per heavy atom. The average Bonchev–Trinajstić information content (AvgIpc) is 2.47. The molecule has 0 spiro atoms. The van der Waals surface area contributed by atoms with Gasteiger partial charge in [-0.1, -0.05) is 12.1 Å². The van der Waals surface area contributed by atoms with Gasteiger partial charge in [0.15, 0.2) is 0 Å². The number of nitrogens with zero attached hydrogens (tertiary/aromatic N) is 2. The van der Waals surface area contributed by atoms with Crippen LogP contribution in [0.2, 0.25) is 0 Å². The Morgan fingerprint density at radius 2 is 2.16 bits per heavy atom. The first-order valence-corrected chi connectivity index (χ1v) is 6.55. The third-order valence-corrected chi connectivity index (χ3v) is 3.51. The fourth-order valence-electron chi connectivity index (χ4n) is 2.55. The summed E-state index contributed by atoms with van der Waals surface area (Å²) in [5.41, 5.74) is 4.33. The molecule has 4 nitrogen and oxygen atoms in total. The average molecular weight is 255 g/mol. The molecule has 0 atom stereocenters. The molecule has 98 valence electrons. The second kappa shape index (κ2) is 4.88. The third-order valence-electron chi connectivity index (χ3n) is 3.51. The van der Waals surface area contributed by atoms with Gasteiger partial charge < -0.3 is 10.1 Å². The molecule has 1 aliphatic heterocycles. The Labute approximate surface area is 112 Å². The molecule has 0 amide bonds. The number of para-hydroxylation sites is 1. The summed E-state index contributed by atoms with van der Waals surface area (Å²) in [5, 5.41) is 3.09. The van der Waals surface area contributed by atoms with Gasteiger partial charge in [0, 0.05) is 18.2 Å². The fraction of sp³-hybridized carbons (Fsp3) is 0.333. The van der Waals surface area contributed by atoms with Crippen molar-refractivity contribution >= 4 is 5.82 Å². The quantitative estimate of drug-likeness (QED) is 0.896. The van der Waals surface area contributed by atoms with Crippen molar-refractivity contribution in [2.45, 2.75) is 19.8 Å². The minimum Gasteiger partial charge on any atom is -0.493 e. The van der Waals surface area contributed by atoms with Gasteiger partial charge in [-0.3, -0.25) is 0 Å². The molecule has 2 aromatic rings. The van der Waals surface area contributed by atoms with E-state index in [1.807, 2.05) is 14.0 Å². The maximum absolute atomic E-state index is 5.86. The van der Waals surface area contributed by atoms with Crippen molar-refractivity contribution in [1.29, 1.82) is 0 Å². The van der Waals surface area contributed by atoms with Crippen molar-refractivity contribution in [2.75, 3.05) is 19.0 Å². The summed E-state index contributed by atoms with van der Waals surface area (Å²) in [6.45, 7) is 2.82. The Bertz CT molecular complexity index is 610. The molecule has 3 rings (SSSR count). The SMILES string of the molecule is CNc1ncnc(-c2cccc3c2OCCC3)c1C. The molecule has 0 bridgehead atoms. The van der Waals surface area contributed by atoms with E-state index in [0.717, 1.165) is 47.8 Å². The largest absolute Gasteiger partial charge is 0.493 e. The van der Waals surface area contributed by atoms with Crippen molar-refractivity contribution in [3.8, 4) is 17.0 Å². The summed E-state index contributed by atoms with van der Waals surface area (Å²) < 4.78 is 5.86. The highest BCUT2D eigenvalue weighted by Gasteiger charge is 2.18. The van der Waals surface area contributed by atoms with Crippen molar-refractivity contribution in [1.82, 2.24) is 9.97 Å². The predicted octanol–water partition coefficient (Wildman–Crippen LogP) is 2.82. The highest BCUT2D eigenvalue weighted by molar-refractivity contribution is 5.74. The van der Waals surface area contributed by atoms with Crippen LogP contribution < -0.4 is 10.1 Å². The van der Waals surface area contributed by atoms with Crippen LogP contribution in [0.15, 0.2) is 24.5 Å². The summed E-state index contributed by atoms with van der Waals surface area (Å²) in [6, 6.07) is 6.27. The van der Waals surface area contributed by atoms with Gasteiger partial charge >= 0.3 is 0 Å². The van der Waals surface area contributed by atoms with E-state index in [9.17, 15) is 0 Å². The molecule has 1 aromatic heterocycles. The van der Waals surface area contributed by atoms with E-state index in [1.54, 1.807) is 6.33 Å². The molecule has 2 heterocycles. The number of hydrogen-bond donors (Lipinski definition) is 1. The van der Waals surface area contributed by atoms with Crippen LogP contribution in [0.1, 0.15) is 17.5 Å². The molecule has 0 unspecified atom stereocenters. The number of anilines is 1. The molecule has 0 saturated heterocycles. The van der Waals surface area contributed by atoms with Gasteiger partial charge in [-0.05, 0) is 31.4 Å². The van der Waals surface area contributed by atoms with Crippen molar-refractivity contribution in [3.05, 3.63) is 35.7 Å². The Hall–Kier alpha value is -2.10. The minimum atomic E-state index is 0.785. The van der Waals surface area contributed by atoms with Gasteiger partial charge in [-0.25, -0.2) is 9.97 Å². The van der Waals surface area contributed by atoms with Gasteiger partial charge in [-0.15, -0.1) is 0 Å². The van der Waals surface area contributed by atoms with E-state index < -0.39 is 0 Å². The number of rotatable bonds is 2. The zero-order chi connectivity index (χ0) is 13.2. The molecule has 0 radical (unpaired) electrons. The number of aryl methyl sites for hydroxylation is 1. The highest BCUT2D eigenvalue weighted by atomic mass is 16.5. The van der Waals surface area contributed by atoms with E-state index in [1.165, 1.54) is 5.56 Å². The van der Waals surface area contributed by atoms with E-state index in [0.29, 0.717) is 0 Å². The van der Waals surface area contributed by atoms with Gasteiger partial charge in [0.1, 0.15) is 17.9 Å². The van der Waals surface area contributed by atoms with Crippen LogP contribution in [0, 0.1) is 6.92 Å². The van der Waals surface area contributed by atoms with Gasteiger partial charge in [0.2, 0.25) is 0 Å². The normalized spacial score (nSPS) is 13.6. The Kier molecular flexibility index (Phi) is 3.07. The van der Waals surface area contributed by atoms with E-state index in [2.05, 4.69) is 33.5 Å². The monoisotopic (exact) mass is 255 g/mol. The van der Waals surface area contributed by atoms with Crippen LogP contribution in [0.5, 0.6) is 5.75 Å². The van der Waals surface area contributed by atoms with E-state index in [-0.39, 0.29) is 0 Å². The topological polar surface area (TPSA) is 47.0 Å². The van der Waals surface area contributed by atoms with E-state index >= 15 is 0 Å². The zero-order valence-electron chi connectivity index (χ0n) is 11.2. The van der Waals surface area contributed by atoms with Crippen LogP contribution >= 0.6 is 0 Å². The molecule has 0 fully saturated rings. The molecular weight excluding hydrogens is 238 g/mol. The first kappa shape index (κ1) is 12.0. The second-order valence-electron chi connectivity index (χ2n) is 4.69. The number of aromatic nitrogens is 2. The van der Waals surface area contributed by atoms with Crippen LogP contribution in [0.4, 0.5) is 5.82 Å². The van der Waals surface area contributed by atoms with E-state index in [4.69, 9.17) is 4.74 Å². The zero-order valence-corrected chi connectivity index (χ0v) is 11.2. The Balaban J connectivity index is 2.17. The summed E-state index contributed by atoms with van der Waals surface area (Å²) in [6.07, 6.45) is 3.75. The standard InChI is InChI=1S/C15H17N3O/c1-10-13(17-9-18-15(10)16-2)12-7-3-5-11-6-4-8-19-14(11)12/h3,5,7,9H,4,6,8H2,1-2H3,(H,16,17,18). The second-order valence-corrected chi connectivity index (χ2v) is 4.69. The number of ether oxygens (including phenoxy) is 1. The van der Waals surface area contributed by atoms with Gasteiger partial charge in [0.25, 0.3) is 0 Å². The molecule has 1 aliphatic rings. The van der Waals surface area contributed by atoms with Crippen molar-refractivity contribution in [3.63, 3.8) is 0 Å². The summed E-state index contributed by atoms with van der Waals surface area (Å²) in [4.78, 5) is 8.67. The lowest BCUT2D eigenvalue weighted by Crippen LogP contribution is -2.10. The van der Waals surface area contributed by atoms with Crippen molar-refractivity contribution < 1.29 is 4.74 Å². The summed E-state index contributed by atoms with van der Waals surface area (Å²) in [7, 11) is 1.87. The first-order valence-electron chi connectivity index (χ1n) is 6.55. The van der Waals surface area contributed by atoms with Crippen LogP contribution in [0.25, 0.3) is 11.3 Å². The minimum absolute atomic E-state index is 0.785. The van der Waals surface area contributed by atoms with Gasteiger partial charge in [-0.2, -0.15) is 0 Å². The first-order chi connectivity index (χ1) is 9.31. The lowest BCUT2D eigenvalue weighted by atomic mass is 9.99. The van der Waals surface area contributed by atoms with Gasteiger partial charge in [0.05, 0.1) is 12.3 Å². The molecule has 19 heavy (non-hydrogen) atoms.